The Kier molecular flexibility index (Phi) is 3.72. The van der Waals surface area contributed by atoms with E-state index >= 15 is 0 Å². The summed E-state index contributed by atoms with van der Waals surface area (Å²) in [4.78, 5) is 3.98. The van der Waals surface area contributed by atoms with Crippen LogP contribution in [0.15, 0.2) is 0 Å². The fraction of sp³-hybridized carbons (Fsp3) is 1.00. The standard InChI is InChI=1S/C5H12O4/c1-5(8-3,9-6)4-7-2/h6H,4H2,1-3H3. The van der Waals surface area contributed by atoms with Crippen LogP contribution in [0.25, 0.3) is 0 Å². The lowest BCUT2D eigenvalue weighted by Crippen LogP contribution is -2.34. The summed E-state index contributed by atoms with van der Waals surface area (Å²) in [7, 11) is 2.92. The fourth-order valence-corrected chi connectivity index (χ4v) is 0.385. The molecule has 0 saturated heterocycles. The van der Waals surface area contributed by atoms with E-state index < -0.39 is 5.79 Å². The summed E-state index contributed by atoms with van der Waals surface area (Å²) >= 11 is 0. The molecule has 0 heterocycles. The molecule has 9 heavy (non-hydrogen) atoms. The number of methoxy groups -OCH3 is 2. The molecule has 0 aliphatic heterocycles. The molecule has 0 amide bonds. The van der Waals surface area contributed by atoms with E-state index in [1.807, 2.05) is 0 Å². The van der Waals surface area contributed by atoms with Crippen molar-refractivity contribution in [1.29, 1.82) is 0 Å². The summed E-state index contributed by atoms with van der Waals surface area (Å²) in [6, 6.07) is 0. The highest BCUT2D eigenvalue weighted by atomic mass is 17.1. The smallest absolute Gasteiger partial charge is 0.221 e. The highest BCUT2D eigenvalue weighted by Crippen LogP contribution is 2.08. The zero-order valence-corrected chi connectivity index (χ0v) is 5.88. The Hall–Kier alpha value is -0.160. The average molecular weight is 136 g/mol. The van der Waals surface area contributed by atoms with E-state index in [1.165, 1.54) is 14.2 Å². The van der Waals surface area contributed by atoms with Gasteiger partial charge >= 0.3 is 0 Å². The van der Waals surface area contributed by atoms with Gasteiger partial charge in [0.2, 0.25) is 5.79 Å². The summed E-state index contributed by atoms with van der Waals surface area (Å²) in [5.74, 6) is -1.03. The summed E-state index contributed by atoms with van der Waals surface area (Å²) < 4.78 is 9.41. The third-order valence-electron chi connectivity index (χ3n) is 1.03. The molecule has 0 aliphatic carbocycles. The van der Waals surface area contributed by atoms with Gasteiger partial charge in [-0.2, -0.15) is 0 Å². The van der Waals surface area contributed by atoms with Gasteiger partial charge in [-0.15, -0.1) is 0 Å². The van der Waals surface area contributed by atoms with Gasteiger partial charge in [0.15, 0.2) is 0 Å². The summed E-state index contributed by atoms with van der Waals surface area (Å²) in [6.45, 7) is 1.76. The molecule has 0 spiro atoms. The van der Waals surface area contributed by atoms with Crippen LogP contribution in [0.3, 0.4) is 0 Å². The third-order valence-corrected chi connectivity index (χ3v) is 1.03. The van der Waals surface area contributed by atoms with Crippen LogP contribution in [-0.4, -0.2) is 31.9 Å². The zero-order valence-electron chi connectivity index (χ0n) is 5.88. The predicted molar refractivity (Wildman–Crippen MR) is 31.0 cm³/mol. The van der Waals surface area contributed by atoms with Gasteiger partial charge in [0, 0.05) is 14.2 Å². The first-order valence-electron chi connectivity index (χ1n) is 2.55. The van der Waals surface area contributed by atoms with E-state index in [1.54, 1.807) is 6.92 Å². The Balaban J connectivity index is 3.62. The van der Waals surface area contributed by atoms with Gasteiger partial charge in [0.1, 0.15) is 6.61 Å². The van der Waals surface area contributed by atoms with Crippen molar-refractivity contribution in [2.45, 2.75) is 12.7 Å². The van der Waals surface area contributed by atoms with Crippen LogP contribution in [0.2, 0.25) is 0 Å². The second-order valence-corrected chi connectivity index (χ2v) is 1.86. The van der Waals surface area contributed by atoms with E-state index in [-0.39, 0.29) is 6.61 Å². The number of hydrogen-bond donors (Lipinski definition) is 1. The normalized spacial score (nSPS) is 17.3. The second-order valence-electron chi connectivity index (χ2n) is 1.86. The van der Waals surface area contributed by atoms with Gasteiger partial charge in [-0.3, -0.25) is 0 Å². The van der Waals surface area contributed by atoms with Crippen molar-refractivity contribution in [1.82, 2.24) is 0 Å². The third kappa shape index (κ3) is 2.76. The Morgan fingerprint density at radius 1 is 1.44 bits per heavy atom. The highest BCUT2D eigenvalue weighted by Gasteiger charge is 2.24. The van der Waals surface area contributed by atoms with Gasteiger partial charge in [0.05, 0.1) is 0 Å². The van der Waals surface area contributed by atoms with Gasteiger partial charge in [-0.05, 0) is 6.92 Å². The van der Waals surface area contributed by atoms with E-state index in [9.17, 15) is 0 Å². The molecule has 56 valence electrons. The minimum atomic E-state index is -1.03. The topological polar surface area (TPSA) is 47.9 Å². The van der Waals surface area contributed by atoms with Crippen LogP contribution < -0.4 is 0 Å². The van der Waals surface area contributed by atoms with E-state index in [2.05, 4.69) is 9.62 Å². The largest absolute Gasteiger partial charge is 0.379 e. The van der Waals surface area contributed by atoms with Crippen molar-refractivity contribution < 1.29 is 19.6 Å². The molecule has 1 atom stereocenters. The molecule has 0 aliphatic rings. The quantitative estimate of drug-likeness (QED) is 0.347. The highest BCUT2D eigenvalue weighted by molar-refractivity contribution is 4.56. The molecule has 1 N–H and O–H groups in total. The molecule has 4 nitrogen and oxygen atoms in total. The first kappa shape index (κ1) is 8.84. The molecule has 0 aromatic rings. The molecule has 0 saturated carbocycles. The van der Waals surface area contributed by atoms with Crippen molar-refractivity contribution in [2.75, 3.05) is 20.8 Å². The molecule has 0 aromatic carbocycles. The maximum atomic E-state index is 8.21. The average Bonchev–Trinajstić information content (AvgIpc) is 1.89. The molecule has 0 rings (SSSR count). The maximum Gasteiger partial charge on any atom is 0.221 e. The number of hydrogen-bond acceptors (Lipinski definition) is 4. The fourth-order valence-electron chi connectivity index (χ4n) is 0.385. The molecular formula is C5H12O4. The molecule has 0 radical (unpaired) electrons. The van der Waals surface area contributed by atoms with Crippen LogP contribution in [0.5, 0.6) is 0 Å². The van der Waals surface area contributed by atoms with Crippen molar-refractivity contribution in [3.05, 3.63) is 0 Å². The van der Waals surface area contributed by atoms with Gasteiger partial charge in [0.25, 0.3) is 0 Å². The lowest BCUT2D eigenvalue weighted by atomic mass is 10.3. The van der Waals surface area contributed by atoms with Crippen LogP contribution in [-0.2, 0) is 14.4 Å². The van der Waals surface area contributed by atoms with Gasteiger partial charge in [-0.25, -0.2) is 10.1 Å². The first-order valence-corrected chi connectivity index (χ1v) is 2.55. The Morgan fingerprint density at radius 3 is 2.11 bits per heavy atom. The van der Waals surface area contributed by atoms with Gasteiger partial charge in [-0.1, -0.05) is 0 Å². The first-order chi connectivity index (χ1) is 4.18. The van der Waals surface area contributed by atoms with Crippen molar-refractivity contribution in [3.8, 4) is 0 Å². The van der Waals surface area contributed by atoms with Crippen LogP contribution >= 0.6 is 0 Å². The van der Waals surface area contributed by atoms with E-state index in [4.69, 9.17) is 9.99 Å². The summed E-state index contributed by atoms with van der Waals surface area (Å²) in [6.07, 6.45) is 0. The Morgan fingerprint density at radius 2 is 2.00 bits per heavy atom. The van der Waals surface area contributed by atoms with E-state index in [0.717, 1.165) is 0 Å². The molecule has 1 unspecified atom stereocenters. The summed E-state index contributed by atoms with van der Waals surface area (Å²) in [5.41, 5.74) is 0. The molecule has 0 fully saturated rings. The monoisotopic (exact) mass is 136 g/mol. The second kappa shape index (κ2) is 3.79. The Bertz CT molecular complexity index is 69.4. The van der Waals surface area contributed by atoms with Crippen LogP contribution in [0, 0.1) is 0 Å². The Labute approximate surface area is 54.3 Å². The molecule has 4 heteroatoms. The maximum absolute atomic E-state index is 8.21. The zero-order chi connectivity index (χ0) is 7.33. The van der Waals surface area contributed by atoms with Crippen molar-refractivity contribution in [3.63, 3.8) is 0 Å². The molecule has 0 aromatic heterocycles. The number of ether oxygens (including phenoxy) is 2. The lowest BCUT2D eigenvalue weighted by Gasteiger charge is -2.22. The number of rotatable bonds is 4. The van der Waals surface area contributed by atoms with Crippen molar-refractivity contribution in [2.24, 2.45) is 0 Å². The molecule has 0 bridgehead atoms. The van der Waals surface area contributed by atoms with Crippen LogP contribution in [0.1, 0.15) is 6.92 Å². The van der Waals surface area contributed by atoms with Crippen LogP contribution in [0.4, 0.5) is 0 Å². The van der Waals surface area contributed by atoms with Crippen molar-refractivity contribution >= 4 is 0 Å². The van der Waals surface area contributed by atoms with E-state index in [0.29, 0.717) is 0 Å². The minimum absolute atomic E-state index is 0.194. The SMILES string of the molecule is COCC(C)(OC)OO. The lowest BCUT2D eigenvalue weighted by molar-refractivity contribution is -0.400. The predicted octanol–water partition coefficient (Wildman–Crippen LogP) is 0.485. The van der Waals surface area contributed by atoms with Gasteiger partial charge < -0.3 is 9.47 Å². The minimum Gasteiger partial charge on any atom is -0.379 e. The summed E-state index contributed by atoms with van der Waals surface area (Å²) in [5, 5.41) is 8.21. The molecular weight excluding hydrogens is 124 g/mol.